The highest BCUT2D eigenvalue weighted by Crippen LogP contribution is 2.31. The number of amides is 1. The Kier molecular flexibility index (Phi) is 13.6. The number of esters is 1. The third-order valence-electron chi connectivity index (χ3n) is 8.12. The van der Waals surface area contributed by atoms with Crippen molar-refractivity contribution >= 4 is 11.9 Å². The van der Waals surface area contributed by atoms with Gasteiger partial charge in [0, 0.05) is 13.0 Å². The number of benzene rings is 4. The molecule has 1 aliphatic heterocycles. The molecule has 4 aromatic rings. The second-order valence-electron chi connectivity index (χ2n) is 11.9. The van der Waals surface area contributed by atoms with Crippen LogP contribution in [0.25, 0.3) is 0 Å². The third kappa shape index (κ3) is 10.1. The molecule has 1 heterocycles. The molecule has 0 bridgehead atoms. The maximum absolute atomic E-state index is 14.1. The smallest absolute Gasteiger partial charge is 0.336 e. The molecule has 52 heavy (non-hydrogen) atoms. The predicted molar refractivity (Wildman–Crippen MR) is 178 cm³/mol. The quantitative estimate of drug-likeness (QED) is 0.0357. The highest BCUT2D eigenvalue weighted by atomic mass is 19.2. The summed E-state index contributed by atoms with van der Waals surface area (Å²) < 4.78 is 99.1. The Labute approximate surface area is 297 Å². The van der Waals surface area contributed by atoms with E-state index in [1.165, 1.54) is 13.0 Å². The van der Waals surface area contributed by atoms with Crippen molar-refractivity contribution in [2.75, 3.05) is 6.61 Å². The Morgan fingerprint density at radius 2 is 1.15 bits per heavy atom. The number of hydrogen-bond donors (Lipinski definition) is 1. The summed E-state index contributed by atoms with van der Waals surface area (Å²) in [6, 6.07) is 27.4. The number of ether oxygens (including phenoxy) is 5. The first-order valence-corrected chi connectivity index (χ1v) is 16.4. The van der Waals surface area contributed by atoms with Gasteiger partial charge < -0.3 is 29.0 Å². The molecular weight excluding hydrogens is 689 g/mol. The average molecular weight is 726 g/mol. The fourth-order valence-electron chi connectivity index (χ4n) is 5.67. The number of halogens is 5. The molecule has 5 atom stereocenters. The van der Waals surface area contributed by atoms with Crippen molar-refractivity contribution in [3.63, 3.8) is 0 Å². The standard InChI is InChI=1S/C39H36F5NO7/c1-24(46)45-36-28(18-11-19-30(47)52-38-34(43)32(41)31(40)33(42)35(38)44)51-29(23-48-20-25-12-5-2-6-13-25)37(49-21-26-14-7-3-8-15-26)39(36)50-22-27-16-9-4-10-17-27/h2-17,19,28-29,36-37,39H,18,20-23H2,1H3,(H,45,46)/b19-11+/t28-,29-,36+,37-,39-/m1/s1. The maximum atomic E-state index is 14.1. The van der Waals surface area contributed by atoms with E-state index in [0.29, 0.717) is 0 Å². The highest BCUT2D eigenvalue weighted by Gasteiger charge is 2.47. The van der Waals surface area contributed by atoms with Gasteiger partial charge in [0.2, 0.25) is 40.7 Å². The number of hydrogen-bond acceptors (Lipinski definition) is 7. The number of rotatable bonds is 15. The van der Waals surface area contributed by atoms with E-state index in [9.17, 15) is 31.5 Å². The Bertz CT molecular complexity index is 1790. The van der Waals surface area contributed by atoms with Crippen molar-refractivity contribution < 1.29 is 55.2 Å². The zero-order chi connectivity index (χ0) is 37.0. The van der Waals surface area contributed by atoms with Crippen LogP contribution in [-0.4, -0.2) is 48.9 Å². The zero-order valence-electron chi connectivity index (χ0n) is 28.0. The highest BCUT2D eigenvalue weighted by molar-refractivity contribution is 5.84. The minimum atomic E-state index is -2.39. The van der Waals surface area contributed by atoms with Crippen LogP contribution in [0.3, 0.4) is 0 Å². The van der Waals surface area contributed by atoms with Crippen LogP contribution in [0.5, 0.6) is 5.75 Å². The lowest BCUT2D eigenvalue weighted by Crippen LogP contribution is -2.65. The molecule has 0 radical (unpaired) electrons. The van der Waals surface area contributed by atoms with Crippen molar-refractivity contribution in [3.05, 3.63) is 149 Å². The number of nitrogens with one attached hydrogen (secondary N) is 1. The van der Waals surface area contributed by atoms with Crippen LogP contribution < -0.4 is 10.1 Å². The number of carbonyl (C=O) groups is 2. The fourth-order valence-corrected chi connectivity index (χ4v) is 5.67. The third-order valence-corrected chi connectivity index (χ3v) is 8.12. The SMILES string of the molecule is CC(=O)N[C@@H]1[C@@H](OCc2ccccc2)[C@H](OCc2ccccc2)[C@@H](COCc2ccccc2)O[C@@H]1C/C=C/C(=O)Oc1c(F)c(F)c(F)c(F)c1F. The molecule has 1 saturated heterocycles. The van der Waals surface area contributed by atoms with Crippen LogP contribution in [0.1, 0.15) is 30.0 Å². The summed E-state index contributed by atoms with van der Waals surface area (Å²) in [6.07, 6.45) is -1.37. The van der Waals surface area contributed by atoms with E-state index in [2.05, 4.69) is 10.1 Å². The van der Waals surface area contributed by atoms with Gasteiger partial charge in [0.1, 0.15) is 18.3 Å². The maximum Gasteiger partial charge on any atom is 0.336 e. The molecule has 274 valence electrons. The van der Waals surface area contributed by atoms with Gasteiger partial charge in [0.25, 0.3) is 0 Å². The van der Waals surface area contributed by atoms with Crippen LogP contribution >= 0.6 is 0 Å². The van der Waals surface area contributed by atoms with Gasteiger partial charge in [0.15, 0.2) is 0 Å². The van der Waals surface area contributed by atoms with Crippen molar-refractivity contribution in [2.24, 2.45) is 0 Å². The summed E-state index contributed by atoms with van der Waals surface area (Å²) in [5.41, 5.74) is 2.64. The molecule has 13 heteroatoms. The van der Waals surface area contributed by atoms with Crippen LogP contribution in [0, 0.1) is 29.1 Å². The molecule has 1 fully saturated rings. The second kappa shape index (κ2) is 18.5. The molecular formula is C39H36F5NO7. The van der Waals surface area contributed by atoms with E-state index in [1.54, 1.807) is 0 Å². The monoisotopic (exact) mass is 725 g/mol. The molecule has 0 aliphatic carbocycles. The van der Waals surface area contributed by atoms with Gasteiger partial charge in [-0.3, -0.25) is 4.79 Å². The molecule has 4 aromatic carbocycles. The zero-order valence-corrected chi connectivity index (χ0v) is 28.0. The van der Waals surface area contributed by atoms with E-state index < -0.39 is 77.2 Å². The second-order valence-corrected chi connectivity index (χ2v) is 11.9. The first kappa shape index (κ1) is 38.3. The Morgan fingerprint density at radius 1 is 0.673 bits per heavy atom. The summed E-state index contributed by atoms with van der Waals surface area (Å²) >= 11 is 0. The molecule has 0 aromatic heterocycles. The van der Waals surface area contributed by atoms with Crippen molar-refractivity contribution in [1.29, 1.82) is 0 Å². The summed E-state index contributed by atoms with van der Waals surface area (Å²) in [7, 11) is 0. The van der Waals surface area contributed by atoms with Gasteiger partial charge >= 0.3 is 5.97 Å². The predicted octanol–water partition coefficient (Wildman–Crippen LogP) is 6.89. The average Bonchev–Trinajstić information content (AvgIpc) is 3.15. The minimum Gasteiger partial charge on any atom is -0.417 e. The molecule has 1 amide bonds. The van der Waals surface area contributed by atoms with Gasteiger partial charge in [-0.05, 0) is 23.1 Å². The van der Waals surface area contributed by atoms with Gasteiger partial charge in [0.05, 0.1) is 38.6 Å². The molecule has 1 aliphatic rings. The summed E-state index contributed by atoms with van der Waals surface area (Å²) in [6.45, 7) is 1.93. The molecule has 0 unspecified atom stereocenters. The fraction of sp³-hybridized carbons (Fsp3) is 0.282. The first-order chi connectivity index (χ1) is 25.1. The van der Waals surface area contributed by atoms with E-state index in [-0.39, 0.29) is 32.8 Å². The molecule has 0 spiro atoms. The largest absolute Gasteiger partial charge is 0.417 e. The Morgan fingerprint density at radius 3 is 1.67 bits per heavy atom. The van der Waals surface area contributed by atoms with Crippen molar-refractivity contribution in [3.8, 4) is 5.75 Å². The normalized spacial score (nSPS) is 20.2. The van der Waals surface area contributed by atoms with Crippen molar-refractivity contribution in [2.45, 2.75) is 63.6 Å². The van der Waals surface area contributed by atoms with Gasteiger partial charge in [-0.15, -0.1) is 0 Å². The lowest BCUT2D eigenvalue weighted by molar-refractivity contribution is -0.231. The molecule has 8 nitrogen and oxygen atoms in total. The van der Waals surface area contributed by atoms with Crippen LogP contribution in [0.4, 0.5) is 22.0 Å². The molecule has 5 rings (SSSR count). The Balaban J connectivity index is 1.41. The minimum absolute atomic E-state index is 0.0366. The van der Waals surface area contributed by atoms with Crippen molar-refractivity contribution in [1.82, 2.24) is 5.32 Å². The van der Waals surface area contributed by atoms with E-state index in [0.717, 1.165) is 22.8 Å². The van der Waals surface area contributed by atoms with Crippen LogP contribution in [-0.2, 0) is 48.4 Å². The summed E-state index contributed by atoms with van der Waals surface area (Å²) in [5.74, 6) is -15.1. The lowest BCUT2D eigenvalue weighted by Gasteiger charge is -2.46. The van der Waals surface area contributed by atoms with Gasteiger partial charge in [-0.25, -0.2) is 18.0 Å². The van der Waals surface area contributed by atoms with Gasteiger partial charge in [-0.2, -0.15) is 8.78 Å². The van der Waals surface area contributed by atoms with E-state index >= 15 is 0 Å². The molecule has 1 N–H and O–H groups in total. The summed E-state index contributed by atoms with van der Waals surface area (Å²) in [4.78, 5) is 25.1. The first-order valence-electron chi connectivity index (χ1n) is 16.4. The van der Waals surface area contributed by atoms with Crippen LogP contribution in [0.15, 0.2) is 103 Å². The molecule has 0 saturated carbocycles. The summed E-state index contributed by atoms with van der Waals surface area (Å²) in [5, 5.41) is 2.88. The Hall–Kier alpha value is -4.95. The van der Waals surface area contributed by atoms with E-state index in [4.69, 9.17) is 18.9 Å². The van der Waals surface area contributed by atoms with E-state index in [1.807, 2.05) is 91.0 Å². The van der Waals surface area contributed by atoms with Crippen LogP contribution in [0.2, 0.25) is 0 Å². The topological polar surface area (TPSA) is 92.3 Å². The van der Waals surface area contributed by atoms with Gasteiger partial charge in [-0.1, -0.05) is 97.1 Å². The lowest BCUT2D eigenvalue weighted by atomic mass is 9.90. The number of carbonyl (C=O) groups excluding carboxylic acids is 2.